The van der Waals surface area contributed by atoms with Crippen LogP contribution in [0, 0.1) is 6.92 Å². The minimum Gasteiger partial charge on any atom is -0.324 e. The van der Waals surface area contributed by atoms with Gasteiger partial charge in [-0.3, -0.25) is 9.78 Å². The summed E-state index contributed by atoms with van der Waals surface area (Å²) in [6.07, 6.45) is 4.47. The number of fused-ring (bicyclic) bond motifs is 1. The molecule has 20 heavy (non-hydrogen) atoms. The molecule has 106 valence electrons. The fraction of sp³-hybridized carbons (Fsp3) is 0.375. The van der Waals surface area contributed by atoms with Crippen LogP contribution in [-0.4, -0.2) is 16.9 Å². The highest BCUT2D eigenvalue weighted by molar-refractivity contribution is 6.03. The van der Waals surface area contributed by atoms with Gasteiger partial charge in [0.15, 0.2) is 0 Å². The van der Waals surface area contributed by atoms with E-state index >= 15 is 0 Å². The van der Waals surface area contributed by atoms with Crippen LogP contribution in [0.2, 0.25) is 0 Å². The van der Waals surface area contributed by atoms with Gasteiger partial charge in [-0.15, -0.1) is 0 Å². The number of carbonyl (C=O) groups is 1. The van der Waals surface area contributed by atoms with Gasteiger partial charge in [0.25, 0.3) is 0 Å². The lowest BCUT2D eigenvalue weighted by Gasteiger charge is -2.14. The maximum absolute atomic E-state index is 12.1. The predicted octanol–water partition coefficient (Wildman–Crippen LogP) is 3.00. The number of aromatic nitrogens is 1. The van der Waals surface area contributed by atoms with Gasteiger partial charge in [-0.2, -0.15) is 0 Å². The zero-order valence-corrected chi connectivity index (χ0v) is 12.0. The smallest absolute Gasteiger partial charge is 0.241 e. The van der Waals surface area contributed by atoms with Crippen LogP contribution in [0.1, 0.15) is 31.7 Å². The minimum atomic E-state index is -0.456. The van der Waals surface area contributed by atoms with E-state index in [4.69, 9.17) is 5.73 Å². The second-order valence-corrected chi connectivity index (χ2v) is 5.07. The Morgan fingerprint density at radius 2 is 2.20 bits per heavy atom. The molecule has 1 heterocycles. The molecule has 4 heteroatoms. The van der Waals surface area contributed by atoms with Gasteiger partial charge in [-0.1, -0.05) is 25.8 Å². The third kappa shape index (κ3) is 3.14. The average Bonchev–Trinajstić information content (AvgIpc) is 2.47. The Balaban J connectivity index is 2.22. The van der Waals surface area contributed by atoms with Crippen molar-refractivity contribution in [3.05, 3.63) is 36.0 Å². The van der Waals surface area contributed by atoms with E-state index in [0.717, 1.165) is 35.0 Å². The van der Waals surface area contributed by atoms with Crippen LogP contribution in [0.3, 0.4) is 0 Å². The summed E-state index contributed by atoms with van der Waals surface area (Å²) in [7, 11) is 0. The summed E-state index contributed by atoms with van der Waals surface area (Å²) in [5, 5.41) is 3.86. The first-order chi connectivity index (χ1) is 9.63. The summed E-state index contributed by atoms with van der Waals surface area (Å²) in [5.74, 6) is -0.132. The van der Waals surface area contributed by atoms with Crippen molar-refractivity contribution in [2.24, 2.45) is 5.73 Å². The molecule has 1 aromatic heterocycles. The maximum Gasteiger partial charge on any atom is 0.241 e. The SMILES string of the molecule is CCCC[C@H](N)C(=O)Nc1ccc(C)c2ncccc12. The summed E-state index contributed by atoms with van der Waals surface area (Å²) in [6.45, 7) is 4.09. The van der Waals surface area contributed by atoms with Gasteiger partial charge < -0.3 is 11.1 Å². The van der Waals surface area contributed by atoms with E-state index in [9.17, 15) is 4.79 Å². The molecule has 1 atom stereocenters. The van der Waals surface area contributed by atoms with Gasteiger partial charge in [-0.25, -0.2) is 0 Å². The molecule has 0 radical (unpaired) electrons. The molecule has 0 saturated heterocycles. The molecule has 0 bridgehead atoms. The number of carbonyl (C=O) groups excluding carboxylic acids is 1. The Labute approximate surface area is 119 Å². The number of amides is 1. The Kier molecular flexibility index (Phi) is 4.69. The maximum atomic E-state index is 12.1. The van der Waals surface area contributed by atoms with Crippen molar-refractivity contribution in [3.63, 3.8) is 0 Å². The molecular weight excluding hydrogens is 250 g/mol. The minimum absolute atomic E-state index is 0.132. The molecule has 1 amide bonds. The van der Waals surface area contributed by atoms with Gasteiger partial charge >= 0.3 is 0 Å². The van der Waals surface area contributed by atoms with Crippen molar-refractivity contribution in [3.8, 4) is 0 Å². The summed E-state index contributed by atoms with van der Waals surface area (Å²) in [5.41, 5.74) is 8.67. The number of benzene rings is 1. The molecule has 3 N–H and O–H groups in total. The van der Waals surface area contributed by atoms with Crippen LogP contribution in [-0.2, 0) is 4.79 Å². The molecule has 0 aliphatic heterocycles. The molecule has 0 unspecified atom stereocenters. The lowest BCUT2D eigenvalue weighted by atomic mass is 10.1. The zero-order valence-electron chi connectivity index (χ0n) is 12.0. The molecule has 0 fully saturated rings. The van der Waals surface area contributed by atoms with Gasteiger partial charge in [0.2, 0.25) is 5.91 Å². The second-order valence-electron chi connectivity index (χ2n) is 5.07. The standard InChI is InChI=1S/C16H21N3O/c1-3-4-7-13(17)16(20)19-14-9-8-11(2)15-12(14)6-5-10-18-15/h5-6,8-10,13H,3-4,7,17H2,1-2H3,(H,19,20)/t13-/m0/s1. The first kappa shape index (κ1) is 14.5. The zero-order chi connectivity index (χ0) is 14.5. The molecule has 0 saturated carbocycles. The van der Waals surface area contributed by atoms with E-state index in [2.05, 4.69) is 17.2 Å². The van der Waals surface area contributed by atoms with E-state index < -0.39 is 6.04 Å². The number of hydrogen-bond donors (Lipinski definition) is 2. The summed E-state index contributed by atoms with van der Waals surface area (Å²) in [4.78, 5) is 16.5. The summed E-state index contributed by atoms with van der Waals surface area (Å²) >= 11 is 0. The topological polar surface area (TPSA) is 68.0 Å². The number of nitrogens with two attached hydrogens (primary N) is 1. The molecule has 1 aromatic carbocycles. The number of unbranched alkanes of at least 4 members (excludes halogenated alkanes) is 1. The Bertz CT molecular complexity index is 610. The Hall–Kier alpha value is -1.94. The second kappa shape index (κ2) is 6.48. The monoisotopic (exact) mass is 271 g/mol. The van der Waals surface area contributed by atoms with Crippen LogP contribution < -0.4 is 11.1 Å². The third-order valence-electron chi connectivity index (χ3n) is 3.43. The largest absolute Gasteiger partial charge is 0.324 e. The molecule has 0 aliphatic carbocycles. The van der Waals surface area contributed by atoms with E-state index in [1.54, 1.807) is 6.20 Å². The van der Waals surface area contributed by atoms with Gasteiger partial charge in [-0.05, 0) is 37.1 Å². The number of hydrogen-bond acceptors (Lipinski definition) is 3. The van der Waals surface area contributed by atoms with Crippen molar-refractivity contribution < 1.29 is 4.79 Å². The van der Waals surface area contributed by atoms with Crippen LogP contribution in [0.25, 0.3) is 10.9 Å². The number of nitrogens with one attached hydrogen (secondary N) is 1. The van der Waals surface area contributed by atoms with Crippen molar-refractivity contribution in [1.82, 2.24) is 4.98 Å². The first-order valence-corrected chi connectivity index (χ1v) is 7.04. The van der Waals surface area contributed by atoms with Crippen LogP contribution in [0.4, 0.5) is 5.69 Å². The quantitative estimate of drug-likeness (QED) is 0.878. The van der Waals surface area contributed by atoms with E-state index in [1.807, 2.05) is 31.2 Å². The summed E-state index contributed by atoms with van der Waals surface area (Å²) in [6, 6.07) is 7.24. The fourth-order valence-electron chi connectivity index (χ4n) is 2.20. The molecule has 2 aromatic rings. The number of rotatable bonds is 5. The normalized spacial score (nSPS) is 12.3. The van der Waals surface area contributed by atoms with Crippen LogP contribution >= 0.6 is 0 Å². The van der Waals surface area contributed by atoms with E-state index in [-0.39, 0.29) is 5.91 Å². The van der Waals surface area contributed by atoms with Gasteiger partial charge in [0.05, 0.1) is 17.2 Å². The third-order valence-corrected chi connectivity index (χ3v) is 3.43. The Morgan fingerprint density at radius 1 is 1.40 bits per heavy atom. The Morgan fingerprint density at radius 3 is 2.95 bits per heavy atom. The highest BCUT2D eigenvalue weighted by Gasteiger charge is 2.14. The molecular formula is C16H21N3O. The van der Waals surface area contributed by atoms with Crippen molar-refractivity contribution in [2.45, 2.75) is 39.2 Å². The van der Waals surface area contributed by atoms with Crippen molar-refractivity contribution >= 4 is 22.5 Å². The number of aryl methyl sites for hydroxylation is 1. The lowest BCUT2D eigenvalue weighted by molar-refractivity contribution is -0.117. The van der Waals surface area contributed by atoms with E-state index in [0.29, 0.717) is 6.42 Å². The molecule has 0 spiro atoms. The predicted molar refractivity (Wildman–Crippen MR) is 82.6 cm³/mol. The first-order valence-electron chi connectivity index (χ1n) is 7.04. The number of anilines is 1. The number of nitrogens with zero attached hydrogens (tertiary/aromatic N) is 1. The van der Waals surface area contributed by atoms with Crippen LogP contribution in [0.15, 0.2) is 30.5 Å². The highest BCUT2D eigenvalue weighted by Crippen LogP contribution is 2.24. The van der Waals surface area contributed by atoms with E-state index in [1.165, 1.54) is 0 Å². The molecule has 2 rings (SSSR count). The summed E-state index contributed by atoms with van der Waals surface area (Å²) < 4.78 is 0. The number of pyridine rings is 1. The highest BCUT2D eigenvalue weighted by atomic mass is 16.2. The van der Waals surface area contributed by atoms with Crippen molar-refractivity contribution in [1.29, 1.82) is 0 Å². The average molecular weight is 271 g/mol. The molecule has 4 nitrogen and oxygen atoms in total. The van der Waals surface area contributed by atoms with Crippen molar-refractivity contribution in [2.75, 3.05) is 5.32 Å². The van der Waals surface area contributed by atoms with Crippen LogP contribution in [0.5, 0.6) is 0 Å². The fourth-order valence-corrected chi connectivity index (χ4v) is 2.20. The van der Waals surface area contributed by atoms with Gasteiger partial charge in [0.1, 0.15) is 0 Å². The van der Waals surface area contributed by atoms with Gasteiger partial charge in [0, 0.05) is 11.6 Å². The lowest BCUT2D eigenvalue weighted by Crippen LogP contribution is -2.35. The molecule has 0 aliphatic rings.